The molecule has 0 aliphatic heterocycles. The Morgan fingerprint density at radius 1 is 1.47 bits per heavy atom. The van der Waals surface area contributed by atoms with Gasteiger partial charge < -0.3 is 15.7 Å². The Morgan fingerprint density at radius 2 is 2.16 bits per heavy atom. The summed E-state index contributed by atoms with van der Waals surface area (Å²) in [6.45, 7) is 5.59. The smallest absolute Gasteiger partial charge is 0.319 e. The van der Waals surface area contributed by atoms with Crippen LogP contribution in [0.15, 0.2) is 18.2 Å². The first-order valence-electron chi connectivity index (χ1n) is 6.37. The largest absolute Gasteiger partial charge is 0.394 e. The van der Waals surface area contributed by atoms with E-state index in [1.165, 1.54) is 0 Å². The van der Waals surface area contributed by atoms with Crippen molar-refractivity contribution in [2.75, 3.05) is 11.9 Å². The van der Waals surface area contributed by atoms with Crippen LogP contribution in [0.5, 0.6) is 0 Å². The normalized spacial score (nSPS) is 13.7. The maximum absolute atomic E-state index is 11.9. The zero-order valence-electron chi connectivity index (χ0n) is 11.6. The number of anilines is 1. The maximum atomic E-state index is 11.9. The van der Waals surface area contributed by atoms with E-state index in [0.29, 0.717) is 17.1 Å². The van der Waals surface area contributed by atoms with Crippen LogP contribution in [0, 0.1) is 6.92 Å². The predicted octanol–water partition coefficient (Wildman–Crippen LogP) is 3.32. The number of hydrogen-bond acceptors (Lipinski definition) is 2. The van der Waals surface area contributed by atoms with Crippen molar-refractivity contribution in [2.24, 2.45) is 0 Å². The highest BCUT2D eigenvalue weighted by molar-refractivity contribution is 6.34. The van der Waals surface area contributed by atoms with Crippen molar-refractivity contribution in [3.63, 3.8) is 0 Å². The van der Waals surface area contributed by atoms with Gasteiger partial charge in [0, 0.05) is 0 Å². The summed E-state index contributed by atoms with van der Waals surface area (Å²) >= 11 is 6.11. The topological polar surface area (TPSA) is 61.4 Å². The number of aryl methyl sites for hydroxylation is 1. The molecular weight excluding hydrogens is 264 g/mol. The molecule has 2 amide bonds. The molecule has 1 unspecified atom stereocenters. The van der Waals surface area contributed by atoms with Crippen LogP contribution in [0.3, 0.4) is 0 Å². The Kier molecular flexibility index (Phi) is 5.63. The summed E-state index contributed by atoms with van der Waals surface area (Å²) in [6.07, 6.45) is 1.58. The van der Waals surface area contributed by atoms with Crippen molar-refractivity contribution in [1.82, 2.24) is 5.32 Å². The molecule has 0 radical (unpaired) electrons. The third-order valence-electron chi connectivity index (χ3n) is 3.01. The lowest BCUT2D eigenvalue weighted by molar-refractivity contribution is 0.167. The van der Waals surface area contributed by atoms with Gasteiger partial charge in [-0.15, -0.1) is 0 Å². The molecule has 5 heteroatoms. The van der Waals surface area contributed by atoms with Crippen LogP contribution in [-0.4, -0.2) is 23.3 Å². The van der Waals surface area contributed by atoms with E-state index >= 15 is 0 Å². The molecule has 0 fully saturated rings. The molecule has 0 heterocycles. The molecule has 0 saturated carbocycles. The number of amides is 2. The van der Waals surface area contributed by atoms with Crippen molar-refractivity contribution in [3.05, 3.63) is 28.8 Å². The minimum Gasteiger partial charge on any atom is -0.394 e. The van der Waals surface area contributed by atoms with Gasteiger partial charge in [-0.3, -0.25) is 0 Å². The molecular formula is C14H21ClN2O2. The van der Waals surface area contributed by atoms with Gasteiger partial charge in [0.05, 0.1) is 22.9 Å². The highest BCUT2D eigenvalue weighted by Crippen LogP contribution is 2.25. The van der Waals surface area contributed by atoms with Crippen molar-refractivity contribution < 1.29 is 9.90 Å². The number of benzene rings is 1. The predicted molar refractivity (Wildman–Crippen MR) is 78.7 cm³/mol. The number of carbonyl (C=O) groups is 1. The molecule has 1 atom stereocenters. The van der Waals surface area contributed by atoms with E-state index in [4.69, 9.17) is 11.6 Å². The first kappa shape index (κ1) is 15.8. The molecule has 4 nitrogen and oxygen atoms in total. The van der Waals surface area contributed by atoms with Gasteiger partial charge in [0.25, 0.3) is 0 Å². The molecule has 1 aromatic rings. The van der Waals surface area contributed by atoms with Gasteiger partial charge in [-0.1, -0.05) is 37.1 Å². The Hall–Kier alpha value is -1.26. The second-order valence-corrected chi connectivity index (χ2v) is 5.36. The van der Waals surface area contributed by atoms with Crippen LogP contribution in [-0.2, 0) is 0 Å². The molecule has 0 saturated heterocycles. The van der Waals surface area contributed by atoms with E-state index in [2.05, 4.69) is 10.6 Å². The number of carbonyl (C=O) groups excluding carboxylic acids is 1. The molecule has 0 spiro atoms. The van der Waals surface area contributed by atoms with Crippen LogP contribution in [0.1, 0.15) is 32.3 Å². The molecule has 3 N–H and O–H groups in total. The molecule has 1 aromatic carbocycles. The molecule has 106 valence electrons. The fourth-order valence-corrected chi connectivity index (χ4v) is 2.08. The highest BCUT2D eigenvalue weighted by Gasteiger charge is 2.24. The minimum absolute atomic E-state index is 0.101. The second kappa shape index (κ2) is 6.78. The van der Waals surface area contributed by atoms with Crippen molar-refractivity contribution in [3.8, 4) is 0 Å². The van der Waals surface area contributed by atoms with Crippen LogP contribution < -0.4 is 10.6 Å². The van der Waals surface area contributed by atoms with Gasteiger partial charge in [0.1, 0.15) is 0 Å². The SMILES string of the molecule is CCCC(C)(CO)NC(=O)Nc1cccc(C)c1Cl. The number of halogens is 1. The van der Waals surface area contributed by atoms with Crippen LogP contribution in [0.25, 0.3) is 0 Å². The lowest BCUT2D eigenvalue weighted by Gasteiger charge is -2.28. The van der Waals surface area contributed by atoms with Gasteiger partial charge in [0.2, 0.25) is 0 Å². The van der Waals surface area contributed by atoms with Crippen molar-refractivity contribution in [1.29, 1.82) is 0 Å². The third-order valence-corrected chi connectivity index (χ3v) is 3.51. The quantitative estimate of drug-likeness (QED) is 0.777. The number of hydrogen-bond donors (Lipinski definition) is 3. The van der Waals surface area contributed by atoms with Crippen molar-refractivity contribution >= 4 is 23.3 Å². The Morgan fingerprint density at radius 3 is 2.74 bits per heavy atom. The Bertz CT molecular complexity index is 451. The first-order chi connectivity index (χ1) is 8.91. The minimum atomic E-state index is -0.616. The number of rotatable bonds is 5. The summed E-state index contributed by atoms with van der Waals surface area (Å²) in [7, 11) is 0. The van der Waals surface area contributed by atoms with Gasteiger partial charge in [-0.25, -0.2) is 4.79 Å². The zero-order chi connectivity index (χ0) is 14.5. The summed E-state index contributed by atoms with van der Waals surface area (Å²) in [4.78, 5) is 11.9. The summed E-state index contributed by atoms with van der Waals surface area (Å²) < 4.78 is 0. The first-order valence-corrected chi connectivity index (χ1v) is 6.75. The van der Waals surface area contributed by atoms with Crippen LogP contribution in [0.2, 0.25) is 5.02 Å². The monoisotopic (exact) mass is 284 g/mol. The van der Waals surface area contributed by atoms with Crippen molar-refractivity contribution in [2.45, 2.75) is 39.2 Å². The molecule has 0 bridgehead atoms. The van der Waals surface area contributed by atoms with Gasteiger partial charge >= 0.3 is 6.03 Å². The lowest BCUT2D eigenvalue weighted by atomic mass is 9.98. The van der Waals surface area contributed by atoms with Crippen LogP contribution in [0.4, 0.5) is 10.5 Å². The average molecular weight is 285 g/mol. The Balaban J connectivity index is 2.72. The standard InChI is InChI=1S/C14H21ClN2O2/c1-4-8-14(3,9-18)17-13(19)16-11-7-5-6-10(2)12(11)15/h5-7,18H,4,8-9H2,1-3H3,(H2,16,17,19). The van der Waals surface area contributed by atoms with E-state index in [1.54, 1.807) is 6.07 Å². The Labute approximate surface area is 119 Å². The highest BCUT2D eigenvalue weighted by atomic mass is 35.5. The van der Waals surface area contributed by atoms with Crippen LogP contribution >= 0.6 is 11.6 Å². The summed E-state index contributed by atoms with van der Waals surface area (Å²) in [5.41, 5.74) is 0.851. The molecule has 0 aromatic heterocycles. The van der Waals surface area contributed by atoms with E-state index in [1.807, 2.05) is 32.9 Å². The fourth-order valence-electron chi connectivity index (χ4n) is 1.90. The maximum Gasteiger partial charge on any atom is 0.319 e. The lowest BCUT2D eigenvalue weighted by Crippen LogP contribution is -2.50. The number of urea groups is 1. The zero-order valence-corrected chi connectivity index (χ0v) is 12.3. The number of aliphatic hydroxyl groups is 1. The molecule has 0 aliphatic rings. The van der Waals surface area contributed by atoms with Gasteiger partial charge in [0.15, 0.2) is 0 Å². The average Bonchev–Trinajstić information content (AvgIpc) is 2.35. The molecule has 19 heavy (non-hydrogen) atoms. The number of aliphatic hydroxyl groups excluding tert-OH is 1. The van der Waals surface area contributed by atoms with Gasteiger partial charge in [-0.2, -0.15) is 0 Å². The summed E-state index contributed by atoms with van der Waals surface area (Å²) in [5.74, 6) is 0. The third kappa shape index (κ3) is 4.40. The summed E-state index contributed by atoms with van der Waals surface area (Å²) in [6, 6.07) is 5.08. The van der Waals surface area contributed by atoms with E-state index in [0.717, 1.165) is 12.0 Å². The number of nitrogens with one attached hydrogen (secondary N) is 2. The van der Waals surface area contributed by atoms with E-state index in [-0.39, 0.29) is 12.6 Å². The van der Waals surface area contributed by atoms with E-state index < -0.39 is 5.54 Å². The summed E-state index contributed by atoms with van der Waals surface area (Å²) in [5, 5.41) is 15.4. The molecule has 0 aliphatic carbocycles. The fraction of sp³-hybridized carbons (Fsp3) is 0.500. The van der Waals surface area contributed by atoms with E-state index in [9.17, 15) is 9.90 Å². The molecule has 1 rings (SSSR count). The second-order valence-electron chi connectivity index (χ2n) is 4.98. The van der Waals surface area contributed by atoms with Gasteiger partial charge in [-0.05, 0) is 31.9 Å².